The summed E-state index contributed by atoms with van der Waals surface area (Å²) in [4.78, 5) is 20.6. The van der Waals surface area contributed by atoms with Gasteiger partial charge in [-0.15, -0.1) is 0 Å². The van der Waals surface area contributed by atoms with Crippen molar-refractivity contribution in [1.82, 2.24) is 10.5 Å². The topological polar surface area (TPSA) is 63.2 Å². The van der Waals surface area contributed by atoms with Crippen molar-refractivity contribution < 1.29 is 36.0 Å². The van der Waals surface area contributed by atoms with Crippen molar-refractivity contribution >= 4 is 29.0 Å². The van der Waals surface area contributed by atoms with E-state index in [2.05, 4.69) is 10.3 Å². The van der Waals surface area contributed by atoms with Crippen molar-refractivity contribution in [1.29, 1.82) is 0 Å². The van der Waals surface area contributed by atoms with Gasteiger partial charge in [0, 0.05) is 6.20 Å². The number of nitrogens with one attached hydrogen (secondary N) is 2. The van der Waals surface area contributed by atoms with Crippen LogP contribution in [0, 0.1) is 23.4 Å². The lowest BCUT2D eigenvalue weighted by Gasteiger charge is -2.15. The van der Waals surface area contributed by atoms with E-state index in [1.54, 1.807) is 0 Å². The van der Waals surface area contributed by atoms with Crippen LogP contribution < -0.4 is 10.8 Å². The van der Waals surface area contributed by atoms with Crippen molar-refractivity contribution in [3.63, 3.8) is 0 Å². The summed E-state index contributed by atoms with van der Waals surface area (Å²) in [7, 11) is 0. The lowest BCUT2D eigenvalue weighted by atomic mass is 10.1. The number of anilines is 2. The fourth-order valence-corrected chi connectivity index (χ4v) is 2.48. The van der Waals surface area contributed by atoms with Crippen LogP contribution in [0.25, 0.3) is 0 Å². The quantitative estimate of drug-likeness (QED) is 0.378. The van der Waals surface area contributed by atoms with E-state index >= 15 is 0 Å². The smallest absolute Gasteiger partial charge is 0.336 e. The number of rotatable bonds is 6. The summed E-state index contributed by atoms with van der Waals surface area (Å²) in [6.07, 6.45) is -2.49. The number of benzene rings is 1. The average molecular weight is 440 g/mol. The fourth-order valence-electron chi connectivity index (χ4n) is 2.26. The molecule has 1 heterocycles. The maximum atomic E-state index is 14.3. The Kier molecular flexibility index (Phi) is 5.90. The molecule has 1 fully saturated rings. The molecule has 1 aliphatic rings. The van der Waals surface area contributed by atoms with Crippen LogP contribution in [-0.4, -0.2) is 17.5 Å². The normalized spacial score (nSPS) is 14.0. The number of amides is 1. The number of pyridine rings is 1. The van der Waals surface area contributed by atoms with Gasteiger partial charge < -0.3 is 5.32 Å². The lowest BCUT2D eigenvalue weighted by molar-refractivity contribution is -0.137. The molecule has 2 aromatic rings. The van der Waals surface area contributed by atoms with Gasteiger partial charge in [-0.05, 0) is 30.9 Å². The number of carbonyl (C=O) groups is 1. The molecule has 3 rings (SSSR count). The molecule has 12 heteroatoms. The Bertz CT molecular complexity index is 950. The molecule has 2 N–H and O–H groups in total. The summed E-state index contributed by atoms with van der Waals surface area (Å²) in [6.45, 7) is 0.187. The molecule has 0 unspecified atom stereocenters. The molecule has 1 aromatic heterocycles. The van der Waals surface area contributed by atoms with Crippen molar-refractivity contribution in [2.45, 2.75) is 19.0 Å². The van der Waals surface area contributed by atoms with E-state index in [4.69, 9.17) is 16.4 Å². The zero-order chi connectivity index (χ0) is 21.3. The van der Waals surface area contributed by atoms with Gasteiger partial charge in [0.15, 0.2) is 17.5 Å². The molecule has 1 aromatic carbocycles. The number of carbonyl (C=O) groups excluding carboxylic acids is 1. The molecule has 5 nitrogen and oxygen atoms in total. The number of hydroxylamine groups is 1. The molecule has 1 saturated carbocycles. The van der Waals surface area contributed by atoms with Gasteiger partial charge in [0.25, 0.3) is 5.91 Å². The first-order chi connectivity index (χ1) is 13.6. The molecule has 1 aliphatic carbocycles. The largest absolute Gasteiger partial charge is 0.417 e. The monoisotopic (exact) mass is 439 g/mol. The molecule has 0 saturated heterocycles. The summed E-state index contributed by atoms with van der Waals surface area (Å²) in [5, 5.41) is 1.56. The van der Waals surface area contributed by atoms with Gasteiger partial charge in [0.05, 0.1) is 28.4 Å². The fraction of sp³-hybridized carbons (Fsp3) is 0.294. The number of alkyl halides is 3. The molecule has 29 heavy (non-hydrogen) atoms. The predicted molar refractivity (Wildman–Crippen MR) is 90.0 cm³/mol. The van der Waals surface area contributed by atoms with Crippen LogP contribution in [0.5, 0.6) is 0 Å². The van der Waals surface area contributed by atoms with Gasteiger partial charge in [-0.2, -0.15) is 13.2 Å². The van der Waals surface area contributed by atoms with Crippen LogP contribution in [0.2, 0.25) is 5.02 Å². The van der Waals surface area contributed by atoms with Crippen molar-refractivity contribution in [2.24, 2.45) is 5.92 Å². The van der Waals surface area contributed by atoms with Crippen LogP contribution in [-0.2, 0) is 11.0 Å². The number of nitrogens with zero attached hydrogens (tertiary/aromatic N) is 1. The van der Waals surface area contributed by atoms with Gasteiger partial charge in [-0.3, -0.25) is 9.63 Å². The third kappa shape index (κ3) is 4.91. The van der Waals surface area contributed by atoms with Crippen molar-refractivity contribution in [3.05, 3.63) is 51.9 Å². The number of aromatic nitrogens is 1. The van der Waals surface area contributed by atoms with Gasteiger partial charge in [-0.1, -0.05) is 11.6 Å². The van der Waals surface area contributed by atoms with Crippen LogP contribution >= 0.6 is 11.6 Å². The van der Waals surface area contributed by atoms with Crippen LogP contribution in [0.4, 0.5) is 37.8 Å². The Morgan fingerprint density at radius 1 is 1.21 bits per heavy atom. The Balaban J connectivity index is 1.91. The molecule has 156 valence electrons. The summed E-state index contributed by atoms with van der Waals surface area (Å²) in [5.74, 6) is -6.66. The summed E-state index contributed by atoms with van der Waals surface area (Å²) >= 11 is 5.73. The van der Waals surface area contributed by atoms with Gasteiger partial charge in [0.2, 0.25) is 0 Å². The molecule has 0 bridgehead atoms. The van der Waals surface area contributed by atoms with E-state index in [9.17, 15) is 31.1 Å². The molecule has 0 atom stereocenters. The second-order valence-corrected chi connectivity index (χ2v) is 6.68. The third-order valence-corrected chi connectivity index (χ3v) is 4.29. The van der Waals surface area contributed by atoms with Crippen LogP contribution in [0.3, 0.4) is 0 Å². The highest BCUT2D eigenvalue weighted by atomic mass is 35.5. The Labute approximate surface area is 165 Å². The lowest BCUT2D eigenvalue weighted by Crippen LogP contribution is -2.26. The van der Waals surface area contributed by atoms with Gasteiger partial charge in [0.1, 0.15) is 5.82 Å². The molecule has 1 amide bonds. The summed E-state index contributed by atoms with van der Waals surface area (Å²) in [6, 6.07) is 0.918. The number of hydrogen-bond acceptors (Lipinski definition) is 4. The molecular weight excluding hydrogens is 428 g/mol. The molecule has 0 radical (unpaired) electrons. The molecule has 0 spiro atoms. The second kappa shape index (κ2) is 8.07. The van der Waals surface area contributed by atoms with E-state index in [1.165, 1.54) is 0 Å². The first-order valence-electron chi connectivity index (χ1n) is 8.17. The van der Waals surface area contributed by atoms with Crippen LogP contribution in [0.1, 0.15) is 28.8 Å². The number of hydrogen-bond donors (Lipinski definition) is 2. The summed E-state index contributed by atoms with van der Waals surface area (Å²) in [5.41, 5.74) is -0.768. The van der Waals surface area contributed by atoms with Crippen LogP contribution in [0.15, 0.2) is 18.3 Å². The first kappa shape index (κ1) is 21.2. The van der Waals surface area contributed by atoms with E-state index in [1.807, 2.05) is 5.48 Å². The van der Waals surface area contributed by atoms with Crippen molar-refractivity contribution in [2.75, 3.05) is 11.9 Å². The predicted octanol–water partition coefficient (Wildman–Crippen LogP) is 4.99. The average Bonchev–Trinajstić information content (AvgIpc) is 3.46. The highest BCUT2D eigenvalue weighted by Gasteiger charge is 2.32. The minimum Gasteiger partial charge on any atom is -0.336 e. The zero-order valence-electron chi connectivity index (χ0n) is 14.3. The maximum absolute atomic E-state index is 14.3. The first-order valence-corrected chi connectivity index (χ1v) is 8.55. The molecule has 0 aliphatic heterocycles. The highest BCUT2D eigenvalue weighted by molar-refractivity contribution is 6.33. The Hall–Kier alpha value is -2.53. The van der Waals surface area contributed by atoms with E-state index in [-0.39, 0.29) is 12.5 Å². The summed E-state index contributed by atoms with van der Waals surface area (Å²) < 4.78 is 79.7. The third-order valence-electron chi connectivity index (χ3n) is 4.00. The zero-order valence-corrected chi connectivity index (χ0v) is 15.1. The molecular formula is C17H12ClF6N3O2. The highest BCUT2D eigenvalue weighted by Crippen LogP contribution is 2.35. The number of halogens is 7. The SMILES string of the molecule is O=C(NOCC1CC1)c1cc(F)c(F)c(F)c1Nc1ncc(C(F)(F)F)cc1Cl. The minimum absolute atomic E-state index is 0.187. The second-order valence-electron chi connectivity index (χ2n) is 6.27. The van der Waals surface area contributed by atoms with Gasteiger partial charge in [-0.25, -0.2) is 23.6 Å². The van der Waals surface area contributed by atoms with E-state index in [0.717, 1.165) is 12.8 Å². The van der Waals surface area contributed by atoms with Crippen molar-refractivity contribution in [3.8, 4) is 0 Å². The Morgan fingerprint density at radius 3 is 2.48 bits per heavy atom. The Morgan fingerprint density at radius 2 is 1.90 bits per heavy atom. The van der Waals surface area contributed by atoms with E-state index < -0.39 is 57.2 Å². The van der Waals surface area contributed by atoms with E-state index in [0.29, 0.717) is 18.3 Å². The standard InChI is InChI=1S/C17H12ClF6N3O2/c18-10-3-8(17(22,23)24)5-25-15(10)26-14-9(4-11(19)12(20)13(14)21)16(28)27-29-6-7-1-2-7/h3-5,7H,1-2,6H2,(H,25,26)(H,27,28). The maximum Gasteiger partial charge on any atom is 0.417 e. The van der Waals surface area contributed by atoms with Gasteiger partial charge >= 0.3 is 6.18 Å². The minimum atomic E-state index is -4.73.